The Morgan fingerprint density at radius 1 is 1.65 bits per heavy atom. The highest BCUT2D eigenvalue weighted by atomic mass is 32.1. The molecule has 4 N–H and O–H groups in total. The number of aryl methyl sites for hydroxylation is 1. The van der Waals surface area contributed by atoms with Crippen LogP contribution in [-0.2, 0) is 11.2 Å². The van der Waals surface area contributed by atoms with Crippen LogP contribution in [-0.4, -0.2) is 27.1 Å². The highest BCUT2D eigenvalue weighted by Crippen LogP contribution is 2.22. The zero-order valence-electron chi connectivity index (χ0n) is 9.09. The van der Waals surface area contributed by atoms with E-state index in [0.717, 1.165) is 16.3 Å². The third-order valence-corrected chi connectivity index (χ3v) is 3.34. The molecule has 0 aliphatic rings. The van der Waals surface area contributed by atoms with Crippen LogP contribution in [0.5, 0.6) is 0 Å². The van der Waals surface area contributed by atoms with Crippen LogP contribution in [0.2, 0.25) is 0 Å². The molecule has 5 nitrogen and oxygen atoms in total. The summed E-state index contributed by atoms with van der Waals surface area (Å²) in [5.41, 5.74) is 7.39. The number of nitrogens with zero attached hydrogens (tertiary/aromatic N) is 1. The predicted molar refractivity (Wildman–Crippen MR) is 65.8 cm³/mol. The fourth-order valence-electron chi connectivity index (χ4n) is 1.44. The minimum absolute atomic E-state index is 0.412. The van der Waals surface area contributed by atoms with E-state index >= 15 is 0 Å². The molecule has 17 heavy (non-hydrogen) atoms. The first kappa shape index (κ1) is 11.8. The van der Waals surface area contributed by atoms with E-state index in [0.29, 0.717) is 12.8 Å². The van der Waals surface area contributed by atoms with Crippen molar-refractivity contribution in [3.63, 3.8) is 0 Å². The first-order valence-corrected chi connectivity index (χ1v) is 6.10. The van der Waals surface area contributed by atoms with Gasteiger partial charge in [-0.05, 0) is 12.5 Å². The fourth-order valence-corrected chi connectivity index (χ4v) is 2.27. The lowest BCUT2D eigenvalue weighted by atomic mass is 10.2. The lowest BCUT2D eigenvalue weighted by molar-refractivity contribution is -0.138. The quantitative estimate of drug-likeness (QED) is 0.750. The van der Waals surface area contributed by atoms with Gasteiger partial charge in [0.25, 0.3) is 0 Å². The van der Waals surface area contributed by atoms with E-state index in [9.17, 15) is 4.79 Å². The molecule has 0 saturated heterocycles. The number of nitrogens with one attached hydrogen (secondary N) is 1. The number of aromatic amines is 1. The van der Waals surface area contributed by atoms with Crippen LogP contribution < -0.4 is 5.73 Å². The van der Waals surface area contributed by atoms with Gasteiger partial charge < -0.3 is 15.8 Å². The topological polar surface area (TPSA) is 92.0 Å². The smallest absolute Gasteiger partial charge is 0.320 e. The van der Waals surface area contributed by atoms with Crippen LogP contribution in [0.3, 0.4) is 0 Å². The van der Waals surface area contributed by atoms with Crippen LogP contribution in [0.25, 0.3) is 11.3 Å². The summed E-state index contributed by atoms with van der Waals surface area (Å²) in [4.78, 5) is 18.0. The minimum Gasteiger partial charge on any atom is -0.480 e. The fraction of sp³-hybridized carbons (Fsp3) is 0.273. The van der Waals surface area contributed by atoms with E-state index in [4.69, 9.17) is 10.8 Å². The second-order valence-electron chi connectivity index (χ2n) is 3.71. The largest absolute Gasteiger partial charge is 0.480 e. The van der Waals surface area contributed by atoms with E-state index in [1.165, 1.54) is 11.3 Å². The minimum atomic E-state index is -0.965. The Bertz CT molecular complexity index is 493. The second kappa shape index (κ2) is 5.11. The van der Waals surface area contributed by atoms with Crippen LogP contribution in [0.15, 0.2) is 23.8 Å². The molecular weight excluding hydrogens is 238 g/mol. The molecule has 0 aliphatic heterocycles. The van der Waals surface area contributed by atoms with Gasteiger partial charge >= 0.3 is 5.97 Å². The molecule has 0 spiro atoms. The molecule has 2 aromatic heterocycles. The van der Waals surface area contributed by atoms with Gasteiger partial charge in [0.05, 0.1) is 10.7 Å². The molecule has 90 valence electrons. The average molecular weight is 251 g/mol. The Kier molecular flexibility index (Phi) is 3.55. The average Bonchev–Trinajstić information content (AvgIpc) is 2.95. The number of aliphatic carboxylic acids is 1. The molecule has 0 radical (unpaired) electrons. The third kappa shape index (κ3) is 2.92. The summed E-state index contributed by atoms with van der Waals surface area (Å²) in [6.07, 6.45) is 4.73. The van der Waals surface area contributed by atoms with Gasteiger partial charge in [0, 0.05) is 29.8 Å². The van der Waals surface area contributed by atoms with Crippen molar-refractivity contribution in [2.24, 2.45) is 5.73 Å². The van der Waals surface area contributed by atoms with Crippen molar-refractivity contribution < 1.29 is 9.90 Å². The number of carbonyl (C=O) groups is 1. The lowest BCUT2D eigenvalue weighted by Crippen LogP contribution is -2.30. The molecule has 0 aromatic carbocycles. The first-order chi connectivity index (χ1) is 8.16. The van der Waals surface area contributed by atoms with Gasteiger partial charge in [-0.1, -0.05) is 0 Å². The summed E-state index contributed by atoms with van der Waals surface area (Å²) in [6, 6.07) is 1.14. The monoisotopic (exact) mass is 251 g/mol. The van der Waals surface area contributed by atoms with Gasteiger partial charge in [0.1, 0.15) is 6.04 Å². The maximum Gasteiger partial charge on any atom is 0.320 e. The van der Waals surface area contributed by atoms with E-state index in [2.05, 4.69) is 9.97 Å². The van der Waals surface area contributed by atoms with Crippen molar-refractivity contribution in [2.75, 3.05) is 0 Å². The van der Waals surface area contributed by atoms with Gasteiger partial charge in [-0.15, -0.1) is 11.3 Å². The van der Waals surface area contributed by atoms with Crippen LogP contribution >= 0.6 is 11.3 Å². The van der Waals surface area contributed by atoms with Crippen molar-refractivity contribution in [1.82, 2.24) is 9.97 Å². The predicted octanol–water partition coefficient (Wildman–Crippen LogP) is 1.48. The van der Waals surface area contributed by atoms with Crippen molar-refractivity contribution in [3.05, 3.63) is 28.8 Å². The zero-order chi connectivity index (χ0) is 12.3. The van der Waals surface area contributed by atoms with E-state index in [1.807, 2.05) is 23.8 Å². The lowest BCUT2D eigenvalue weighted by Gasteiger charge is -2.03. The summed E-state index contributed by atoms with van der Waals surface area (Å²) in [5, 5.41) is 11.5. The van der Waals surface area contributed by atoms with Gasteiger partial charge in [-0.3, -0.25) is 4.79 Å². The molecule has 1 atom stereocenters. The van der Waals surface area contributed by atoms with Crippen LogP contribution in [0.4, 0.5) is 0 Å². The summed E-state index contributed by atoms with van der Waals surface area (Å²) in [6.45, 7) is 0. The molecule has 0 bridgehead atoms. The van der Waals surface area contributed by atoms with Gasteiger partial charge in [0.2, 0.25) is 0 Å². The summed E-state index contributed by atoms with van der Waals surface area (Å²) >= 11 is 1.53. The zero-order valence-corrected chi connectivity index (χ0v) is 9.91. The molecule has 1 unspecified atom stereocenters. The third-order valence-electron chi connectivity index (χ3n) is 2.43. The number of rotatable bonds is 5. The number of hydrogen-bond acceptors (Lipinski definition) is 4. The van der Waals surface area contributed by atoms with Crippen molar-refractivity contribution in [2.45, 2.75) is 18.9 Å². The molecule has 0 aliphatic carbocycles. The SMILES string of the molecule is NC(CCc1nc(-c2cc[nH]c2)cs1)C(=O)O. The Hall–Kier alpha value is -1.66. The first-order valence-electron chi connectivity index (χ1n) is 5.23. The number of carboxylic acid groups (broad SMARTS) is 1. The molecule has 2 rings (SSSR count). The number of hydrogen-bond donors (Lipinski definition) is 3. The van der Waals surface area contributed by atoms with Crippen LogP contribution in [0.1, 0.15) is 11.4 Å². The molecule has 6 heteroatoms. The highest BCUT2D eigenvalue weighted by molar-refractivity contribution is 7.09. The Morgan fingerprint density at radius 3 is 3.12 bits per heavy atom. The van der Waals surface area contributed by atoms with E-state index < -0.39 is 12.0 Å². The molecule has 2 heterocycles. The number of aromatic nitrogens is 2. The maximum atomic E-state index is 10.6. The van der Waals surface area contributed by atoms with Gasteiger partial charge in [-0.25, -0.2) is 4.98 Å². The molecule has 0 amide bonds. The second-order valence-corrected chi connectivity index (χ2v) is 4.65. The Balaban J connectivity index is 1.97. The summed E-state index contributed by atoms with van der Waals surface area (Å²) < 4.78 is 0. The Morgan fingerprint density at radius 2 is 2.47 bits per heavy atom. The number of nitrogens with two attached hydrogens (primary N) is 1. The van der Waals surface area contributed by atoms with Crippen LogP contribution in [0, 0.1) is 0 Å². The van der Waals surface area contributed by atoms with Crippen molar-refractivity contribution in [3.8, 4) is 11.3 Å². The van der Waals surface area contributed by atoms with Crippen molar-refractivity contribution >= 4 is 17.3 Å². The summed E-state index contributed by atoms with van der Waals surface area (Å²) in [5.74, 6) is -0.965. The van der Waals surface area contributed by atoms with Gasteiger partial charge in [0.15, 0.2) is 0 Å². The number of H-pyrrole nitrogens is 1. The van der Waals surface area contributed by atoms with E-state index in [-0.39, 0.29) is 0 Å². The molecule has 2 aromatic rings. The molecule has 0 saturated carbocycles. The molecule has 0 fully saturated rings. The van der Waals surface area contributed by atoms with E-state index in [1.54, 1.807) is 0 Å². The number of carboxylic acids is 1. The highest BCUT2D eigenvalue weighted by Gasteiger charge is 2.12. The molecular formula is C11H13N3O2S. The number of thiazole rings is 1. The van der Waals surface area contributed by atoms with Gasteiger partial charge in [-0.2, -0.15) is 0 Å². The maximum absolute atomic E-state index is 10.6. The van der Waals surface area contributed by atoms with Crippen molar-refractivity contribution in [1.29, 1.82) is 0 Å². The normalized spacial score (nSPS) is 12.5. The Labute approximate surface area is 102 Å². The summed E-state index contributed by atoms with van der Waals surface area (Å²) in [7, 11) is 0. The standard InChI is InChI=1S/C11H13N3O2S/c12-8(11(15)16)1-2-10-14-9(6-17-10)7-3-4-13-5-7/h3-6,8,13H,1-2,12H2,(H,15,16).